The number of aromatic nitrogens is 3. The number of nitrogens with zero attached hydrogens (tertiary/aromatic N) is 3. The van der Waals surface area contributed by atoms with E-state index in [1.807, 2.05) is 23.6 Å². The zero-order valence-corrected chi connectivity index (χ0v) is 11.6. The zero-order valence-electron chi connectivity index (χ0n) is 9.21. The van der Waals surface area contributed by atoms with Crippen molar-refractivity contribution in [3.05, 3.63) is 56.6 Å². The van der Waals surface area contributed by atoms with Crippen molar-refractivity contribution in [3.8, 4) is 0 Å². The highest BCUT2D eigenvalue weighted by Crippen LogP contribution is 2.13. The molecule has 0 aromatic carbocycles. The fourth-order valence-electron chi connectivity index (χ4n) is 1.67. The van der Waals surface area contributed by atoms with Crippen molar-refractivity contribution >= 4 is 37.5 Å². The van der Waals surface area contributed by atoms with Gasteiger partial charge in [-0.15, -0.1) is 11.3 Å². The van der Waals surface area contributed by atoms with Gasteiger partial charge in [0.15, 0.2) is 0 Å². The molecule has 0 aliphatic carbocycles. The molecule has 18 heavy (non-hydrogen) atoms. The van der Waals surface area contributed by atoms with Crippen LogP contribution in [0.3, 0.4) is 0 Å². The van der Waals surface area contributed by atoms with Crippen LogP contribution in [0.5, 0.6) is 0 Å². The average molecular weight is 322 g/mol. The topological polar surface area (TPSA) is 47.8 Å². The maximum absolute atomic E-state index is 12.2. The maximum atomic E-state index is 12.2. The normalized spacial score (nSPS) is 10.9. The fourth-order valence-corrected chi connectivity index (χ4v) is 2.69. The fraction of sp³-hybridized carbons (Fsp3) is 0.0833. The lowest BCUT2D eigenvalue weighted by molar-refractivity contribution is 0.730. The second-order valence-electron chi connectivity index (χ2n) is 3.78. The third-order valence-corrected chi connectivity index (χ3v) is 3.92. The molecule has 0 amide bonds. The third kappa shape index (κ3) is 2.09. The predicted molar refractivity (Wildman–Crippen MR) is 74.9 cm³/mol. The van der Waals surface area contributed by atoms with E-state index in [1.54, 1.807) is 17.1 Å². The summed E-state index contributed by atoms with van der Waals surface area (Å²) in [5.74, 6) is 0. The quantitative estimate of drug-likeness (QED) is 0.729. The Morgan fingerprint density at radius 3 is 2.94 bits per heavy atom. The molecule has 0 aliphatic rings. The van der Waals surface area contributed by atoms with Crippen molar-refractivity contribution in [1.82, 2.24) is 14.5 Å². The number of hydrogen-bond donors (Lipinski definition) is 0. The summed E-state index contributed by atoms with van der Waals surface area (Å²) in [5, 5.41) is 1.88. The molecule has 0 radical (unpaired) electrons. The van der Waals surface area contributed by atoms with Gasteiger partial charge >= 0.3 is 0 Å². The summed E-state index contributed by atoms with van der Waals surface area (Å²) < 4.78 is 3.19. The molecule has 0 fully saturated rings. The van der Waals surface area contributed by atoms with Crippen LogP contribution in [0.15, 0.2) is 45.4 Å². The molecule has 3 aromatic heterocycles. The first kappa shape index (κ1) is 11.6. The highest BCUT2D eigenvalue weighted by Gasteiger charge is 2.06. The van der Waals surface area contributed by atoms with Gasteiger partial charge < -0.3 is 0 Å². The Morgan fingerprint density at radius 1 is 1.28 bits per heavy atom. The van der Waals surface area contributed by atoms with Crippen LogP contribution in [0, 0.1) is 0 Å². The lowest BCUT2D eigenvalue weighted by Gasteiger charge is -2.04. The summed E-state index contributed by atoms with van der Waals surface area (Å²) >= 11 is 4.75. The zero-order chi connectivity index (χ0) is 12.5. The number of thiophene rings is 1. The Labute approximate surface area is 115 Å². The van der Waals surface area contributed by atoms with E-state index < -0.39 is 0 Å². The molecular weight excluding hydrogens is 314 g/mol. The van der Waals surface area contributed by atoms with Gasteiger partial charge in [0.2, 0.25) is 0 Å². The molecule has 0 saturated heterocycles. The smallest absolute Gasteiger partial charge is 0.271 e. The molecule has 0 bridgehead atoms. The summed E-state index contributed by atoms with van der Waals surface area (Å²) in [5.41, 5.74) is 1.57. The van der Waals surface area contributed by atoms with Crippen LogP contribution in [-0.4, -0.2) is 14.5 Å². The van der Waals surface area contributed by atoms with Gasteiger partial charge in [-0.05, 0) is 39.5 Å². The molecular formula is C12H8BrN3OS. The summed E-state index contributed by atoms with van der Waals surface area (Å²) in [6.45, 7) is 0.437. The Balaban J connectivity index is 2.02. The highest BCUT2D eigenvalue weighted by molar-refractivity contribution is 9.10. The van der Waals surface area contributed by atoms with Gasteiger partial charge in [0.1, 0.15) is 4.70 Å². The first-order chi connectivity index (χ1) is 8.74. The molecule has 0 atom stereocenters. The first-order valence-electron chi connectivity index (χ1n) is 5.27. The molecule has 3 heterocycles. The third-order valence-electron chi connectivity index (χ3n) is 2.56. The minimum absolute atomic E-state index is 0.0141. The summed E-state index contributed by atoms with van der Waals surface area (Å²) in [7, 11) is 0. The largest absolute Gasteiger partial charge is 0.292 e. The Bertz CT molecular complexity index is 748. The second kappa shape index (κ2) is 4.62. The Morgan fingerprint density at radius 2 is 2.17 bits per heavy atom. The summed E-state index contributed by atoms with van der Waals surface area (Å²) in [6, 6.07) is 5.64. The number of halogens is 1. The molecule has 0 N–H and O–H groups in total. The SMILES string of the molecule is O=c1c2sccc2ncn1Cc1ccc(Br)cn1. The number of pyridine rings is 1. The second-order valence-corrected chi connectivity index (χ2v) is 5.61. The molecule has 6 heteroatoms. The van der Waals surface area contributed by atoms with Crippen LogP contribution in [-0.2, 0) is 6.54 Å². The Hall–Kier alpha value is -1.53. The van der Waals surface area contributed by atoms with E-state index in [0.29, 0.717) is 11.2 Å². The van der Waals surface area contributed by atoms with Crippen molar-refractivity contribution < 1.29 is 0 Å². The van der Waals surface area contributed by atoms with Crippen LogP contribution < -0.4 is 5.56 Å². The first-order valence-corrected chi connectivity index (χ1v) is 6.94. The van der Waals surface area contributed by atoms with Gasteiger partial charge in [-0.2, -0.15) is 0 Å². The van der Waals surface area contributed by atoms with Crippen LogP contribution >= 0.6 is 27.3 Å². The van der Waals surface area contributed by atoms with Gasteiger partial charge in [-0.1, -0.05) is 0 Å². The number of fused-ring (bicyclic) bond motifs is 1. The van der Waals surface area contributed by atoms with Crippen molar-refractivity contribution in [2.45, 2.75) is 6.54 Å². The Kier molecular flexibility index (Phi) is 2.97. The van der Waals surface area contributed by atoms with E-state index in [2.05, 4.69) is 25.9 Å². The standard InChI is InChI=1S/C12H8BrN3OS/c13-8-1-2-9(14-5-8)6-16-7-15-10-3-4-18-11(10)12(16)17/h1-5,7H,6H2. The molecule has 0 spiro atoms. The van der Waals surface area contributed by atoms with Gasteiger partial charge in [0, 0.05) is 10.7 Å². The molecule has 0 saturated carbocycles. The average Bonchev–Trinajstić information content (AvgIpc) is 2.84. The molecule has 4 nitrogen and oxygen atoms in total. The monoisotopic (exact) mass is 321 g/mol. The van der Waals surface area contributed by atoms with Gasteiger partial charge in [-0.25, -0.2) is 4.98 Å². The van der Waals surface area contributed by atoms with E-state index in [9.17, 15) is 4.79 Å². The van der Waals surface area contributed by atoms with E-state index in [-0.39, 0.29) is 5.56 Å². The van der Waals surface area contributed by atoms with Gasteiger partial charge in [0.25, 0.3) is 5.56 Å². The van der Waals surface area contributed by atoms with Crippen molar-refractivity contribution in [2.75, 3.05) is 0 Å². The molecule has 0 unspecified atom stereocenters. The maximum Gasteiger partial charge on any atom is 0.271 e. The highest BCUT2D eigenvalue weighted by atomic mass is 79.9. The van der Waals surface area contributed by atoms with E-state index >= 15 is 0 Å². The summed E-state index contributed by atoms with van der Waals surface area (Å²) in [6.07, 6.45) is 3.29. The number of rotatable bonds is 2. The van der Waals surface area contributed by atoms with E-state index in [0.717, 1.165) is 15.7 Å². The van der Waals surface area contributed by atoms with E-state index in [1.165, 1.54) is 11.3 Å². The molecule has 0 aliphatic heterocycles. The van der Waals surface area contributed by atoms with Crippen molar-refractivity contribution in [2.24, 2.45) is 0 Å². The minimum atomic E-state index is -0.0141. The lowest BCUT2D eigenvalue weighted by Crippen LogP contribution is -2.20. The lowest BCUT2D eigenvalue weighted by atomic mass is 10.3. The van der Waals surface area contributed by atoms with Crippen LogP contribution in [0.2, 0.25) is 0 Å². The van der Waals surface area contributed by atoms with Crippen molar-refractivity contribution in [1.29, 1.82) is 0 Å². The molecule has 3 aromatic rings. The molecule has 90 valence electrons. The van der Waals surface area contributed by atoms with Gasteiger partial charge in [0.05, 0.1) is 24.1 Å². The summed E-state index contributed by atoms with van der Waals surface area (Å²) in [4.78, 5) is 20.7. The van der Waals surface area contributed by atoms with Crippen LogP contribution in [0.1, 0.15) is 5.69 Å². The molecule has 3 rings (SSSR count). The van der Waals surface area contributed by atoms with Crippen LogP contribution in [0.4, 0.5) is 0 Å². The number of hydrogen-bond acceptors (Lipinski definition) is 4. The van der Waals surface area contributed by atoms with Gasteiger partial charge in [-0.3, -0.25) is 14.3 Å². The van der Waals surface area contributed by atoms with E-state index in [4.69, 9.17) is 0 Å². The minimum Gasteiger partial charge on any atom is -0.292 e. The van der Waals surface area contributed by atoms with Crippen molar-refractivity contribution in [3.63, 3.8) is 0 Å². The predicted octanol–water partition coefficient (Wildman–Crippen LogP) is 2.66. The van der Waals surface area contributed by atoms with Crippen LogP contribution in [0.25, 0.3) is 10.2 Å².